The van der Waals surface area contributed by atoms with Gasteiger partial charge in [-0.15, -0.1) is 0 Å². The molecule has 1 amide bonds. The van der Waals surface area contributed by atoms with E-state index in [-0.39, 0.29) is 17.6 Å². The number of hydrogen-bond acceptors (Lipinski definition) is 2. The van der Waals surface area contributed by atoms with Gasteiger partial charge in [-0.3, -0.25) is 4.79 Å². The van der Waals surface area contributed by atoms with Crippen molar-refractivity contribution in [2.24, 2.45) is 0 Å². The van der Waals surface area contributed by atoms with Crippen molar-refractivity contribution in [2.45, 2.75) is 45.5 Å². The van der Waals surface area contributed by atoms with Crippen LogP contribution in [-0.2, 0) is 11.0 Å². The first-order valence-corrected chi connectivity index (χ1v) is 6.37. The number of carbonyl (C=O) groups is 1. The van der Waals surface area contributed by atoms with Gasteiger partial charge in [0.25, 0.3) is 5.91 Å². The normalized spacial score (nSPS) is 18.0. The van der Waals surface area contributed by atoms with Crippen molar-refractivity contribution in [2.75, 3.05) is 10.2 Å². The maximum atomic E-state index is 12.8. The van der Waals surface area contributed by atoms with Gasteiger partial charge in [-0.05, 0) is 45.9 Å². The van der Waals surface area contributed by atoms with Crippen LogP contribution >= 0.6 is 0 Å². The minimum absolute atomic E-state index is 0.217. The molecule has 0 saturated heterocycles. The first-order chi connectivity index (χ1) is 9.04. The van der Waals surface area contributed by atoms with Gasteiger partial charge in [0.1, 0.15) is 5.54 Å². The zero-order valence-electron chi connectivity index (χ0n) is 11.8. The van der Waals surface area contributed by atoms with Crippen LogP contribution in [0.25, 0.3) is 0 Å². The minimum Gasteiger partial charge on any atom is -0.370 e. The predicted molar refractivity (Wildman–Crippen MR) is 71.8 cm³/mol. The first-order valence-electron chi connectivity index (χ1n) is 6.37. The van der Waals surface area contributed by atoms with Crippen LogP contribution in [0.4, 0.5) is 24.5 Å². The molecule has 3 nitrogen and oxygen atoms in total. The zero-order chi connectivity index (χ0) is 15.3. The van der Waals surface area contributed by atoms with Crippen LogP contribution in [0.5, 0.6) is 0 Å². The molecule has 1 N–H and O–H groups in total. The zero-order valence-corrected chi connectivity index (χ0v) is 11.8. The fourth-order valence-electron chi connectivity index (χ4n) is 2.33. The van der Waals surface area contributed by atoms with Gasteiger partial charge in [-0.25, -0.2) is 0 Å². The molecule has 0 spiro atoms. The van der Waals surface area contributed by atoms with Crippen molar-refractivity contribution in [1.82, 2.24) is 0 Å². The highest BCUT2D eigenvalue weighted by Gasteiger charge is 2.41. The summed E-state index contributed by atoms with van der Waals surface area (Å²) in [7, 11) is 0. The lowest BCUT2D eigenvalue weighted by atomic mass is 9.96. The molecule has 1 aliphatic rings. The van der Waals surface area contributed by atoms with E-state index < -0.39 is 17.3 Å². The summed E-state index contributed by atoms with van der Waals surface area (Å²) >= 11 is 0. The Balaban J connectivity index is 2.60. The van der Waals surface area contributed by atoms with E-state index in [2.05, 4.69) is 5.32 Å². The topological polar surface area (TPSA) is 32.3 Å². The largest absolute Gasteiger partial charge is 0.416 e. The predicted octanol–water partition coefficient (Wildman–Crippen LogP) is 3.65. The third kappa shape index (κ3) is 2.34. The molecule has 0 unspecified atom stereocenters. The van der Waals surface area contributed by atoms with Gasteiger partial charge in [0.05, 0.1) is 16.9 Å². The van der Waals surface area contributed by atoms with E-state index in [4.69, 9.17) is 0 Å². The van der Waals surface area contributed by atoms with E-state index in [9.17, 15) is 18.0 Å². The Morgan fingerprint density at radius 3 is 2.35 bits per heavy atom. The van der Waals surface area contributed by atoms with Gasteiger partial charge in [-0.2, -0.15) is 13.2 Å². The Bertz CT molecular complexity index is 550. The Morgan fingerprint density at radius 1 is 1.25 bits per heavy atom. The van der Waals surface area contributed by atoms with Crippen LogP contribution in [0.15, 0.2) is 18.2 Å². The van der Waals surface area contributed by atoms with E-state index >= 15 is 0 Å². The number of fused-ring (bicyclic) bond motifs is 1. The quantitative estimate of drug-likeness (QED) is 0.854. The van der Waals surface area contributed by atoms with Crippen molar-refractivity contribution in [3.63, 3.8) is 0 Å². The van der Waals surface area contributed by atoms with Crippen LogP contribution in [0.2, 0.25) is 0 Å². The molecule has 0 fully saturated rings. The molecule has 1 heterocycles. The molecule has 0 aliphatic carbocycles. The number of nitrogens with one attached hydrogen (secondary N) is 1. The lowest BCUT2D eigenvalue weighted by Gasteiger charge is -2.42. The molecule has 1 aliphatic heterocycles. The molecule has 0 aromatic heterocycles. The minimum atomic E-state index is -4.42. The third-order valence-corrected chi connectivity index (χ3v) is 3.30. The second-order valence-corrected chi connectivity index (χ2v) is 5.75. The lowest BCUT2D eigenvalue weighted by molar-refractivity contribution is -0.137. The first kappa shape index (κ1) is 14.7. The van der Waals surface area contributed by atoms with Gasteiger partial charge in [0, 0.05) is 6.04 Å². The summed E-state index contributed by atoms with van der Waals surface area (Å²) in [4.78, 5) is 13.8. The van der Waals surface area contributed by atoms with Gasteiger partial charge in [0.2, 0.25) is 0 Å². The van der Waals surface area contributed by atoms with Gasteiger partial charge >= 0.3 is 6.18 Å². The van der Waals surface area contributed by atoms with Crippen LogP contribution < -0.4 is 10.2 Å². The van der Waals surface area contributed by atoms with E-state index in [0.717, 1.165) is 12.1 Å². The molecule has 20 heavy (non-hydrogen) atoms. The summed E-state index contributed by atoms with van der Waals surface area (Å²) in [5, 5.41) is 2.99. The number of halogens is 3. The number of rotatable bonds is 1. The lowest BCUT2D eigenvalue weighted by Crippen LogP contribution is -2.56. The average Bonchev–Trinajstić information content (AvgIpc) is 2.27. The van der Waals surface area contributed by atoms with E-state index in [1.54, 1.807) is 27.7 Å². The van der Waals surface area contributed by atoms with Gasteiger partial charge < -0.3 is 10.2 Å². The Morgan fingerprint density at radius 2 is 1.85 bits per heavy atom. The Hall–Kier alpha value is -1.72. The summed E-state index contributed by atoms with van der Waals surface area (Å²) < 4.78 is 38.4. The van der Waals surface area contributed by atoms with E-state index in [1.807, 2.05) is 0 Å². The van der Waals surface area contributed by atoms with Gasteiger partial charge in [-0.1, -0.05) is 0 Å². The van der Waals surface area contributed by atoms with Crippen molar-refractivity contribution in [1.29, 1.82) is 0 Å². The number of alkyl halides is 3. The van der Waals surface area contributed by atoms with Crippen molar-refractivity contribution < 1.29 is 18.0 Å². The summed E-state index contributed by atoms with van der Waals surface area (Å²) in [6.07, 6.45) is -4.42. The molecule has 1 aromatic rings. The molecular formula is C14H17F3N2O. The average molecular weight is 286 g/mol. The smallest absolute Gasteiger partial charge is 0.370 e. The highest BCUT2D eigenvalue weighted by molar-refractivity contribution is 6.07. The fourth-order valence-corrected chi connectivity index (χ4v) is 2.33. The van der Waals surface area contributed by atoms with E-state index in [0.29, 0.717) is 5.69 Å². The Kier molecular flexibility index (Phi) is 3.23. The number of amides is 1. The SMILES string of the molecule is CC(C)N1C(=O)C(C)(C)Nc2ccc(C(F)(F)F)cc21. The number of hydrogen-bond donors (Lipinski definition) is 1. The molecule has 0 radical (unpaired) electrons. The molecule has 0 saturated carbocycles. The van der Waals surface area contributed by atoms with E-state index in [1.165, 1.54) is 11.0 Å². The summed E-state index contributed by atoms with van der Waals surface area (Å²) in [6, 6.07) is 3.21. The van der Waals surface area contributed by atoms with Crippen LogP contribution in [0.3, 0.4) is 0 Å². The standard InChI is InChI=1S/C14H17F3N2O/c1-8(2)19-11-7-9(14(15,16)17)5-6-10(11)18-13(3,4)12(19)20/h5-8,18H,1-4H3. The molecule has 2 rings (SSSR count). The Labute approximate surface area is 115 Å². The van der Waals surface area contributed by atoms with Crippen LogP contribution in [0, 0.1) is 0 Å². The molecule has 1 aromatic carbocycles. The number of benzene rings is 1. The molecular weight excluding hydrogens is 269 g/mol. The van der Waals surface area contributed by atoms with Crippen molar-refractivity contribution in [3.05, 3.63) is 23.8 Å². The summed E-state index contributed by atoms with van der Waals surface area (Å²) in [5.74, 6) is -0.237. The highest BCUT2D eigenvalue weighted by atomic mass is 19.4. The maximum absolute atomic E-state index is 12.8. The second-order valence-electron chi connectivity index (χ2n) is 5.75. The number of anilines is 2. The molecule has 0 atom stereocenters. The fraction of sp³-hybridized carbons (Fsp3) is 0.500. The number of nitrogens with zero attached hydrogens (tertiary/aromatic N) is 1. The third-order valence-electron chi connectivity index (χ3n) is 3.30. The van der Waals surface area contributed by atoms with Crippen LogP contribution in [0.1, 0.15) is 33.3 Å². The maximum Gasteiger partial charge on any atom is 0.416 e. The molecule has 110 valence electrons. The number of carbonyl (C=O) groups excluding carboxylic acids is 1. The summed E-state index contributed by atoms with van der Waals surface area (Å²) in [6.45, 7) is 6.99. The van der Waals surface area contributed by atoms with Crippen molar-refractivity contribution in [3.8, 4) is 0 Å². The van der Waals surface area contributed by atoms with Crippen LogP contribution in [-0.4, -0.2) is 17.5 Å². The van der Waals surface area contributed by atoms with Gasteiger partial charge in [0.15, 0.2) is 0 Å². The molecule has 6 heteroatoms. The van der Waals surface area contributed by atoms with Crippen molar-refractivity contribution >= 4 is 17.3 Å². The monoisotopic (exact) mass is 286 g/mol. The summed E-state index contributed by atoms with van der Waals surface area (Å²) in [5.41, 5.74) is -0.775. The molecule has 0 bridgehead atoms. The highest BCUT2D eigenvalue weighted by Crippen LogP contribution is 2.40. The second kappa shape index (κ2) is 4.40.